The Morgan fingerprint density at radius 1 is 1.29 bits per heavy atom. The second-order valence-electron chi connectivity index (χ2n) is 6.34. The average Bonchev–Trinajstić information content (AvgIpc) is 2.52. The number of hydrogen-bond acceptors (Lipinski definition) is 4. The van der Waals surface area contributed by atoms with E-state index in [1.165, 1.54) is 0 Å². The molecule has 0 saturated heterocycles. The zero-order valence-corrected chi connectivity index (χ0v) is 17.9. The van der Waals surface area contributed by atoms with Crippen molar-refractivity contribution in [2.75, 3.05) is 27.3 Å². The Hall–Kier alpha value is -1.09. The molecule has 1 heterocycles. The van der Waals surface area contributed by atoms with E-state index in [0.29, 0.717) is 19.0 Å². The Kier molecular flexibility index (Phi) is 10.9. The number of methoxy groups -OCH3 is 2. The van der Waals surface area contributed by atoms with Crippen molar-refractivity contribution >= 4 is 29.9 Å². The molecule has 0 spiro atoms. The van der Waals surface area contributed by atoms with Gasteiger partial charge in [0.2, 0.25) is 5.88 Å². The predicted octanol–water partition coefficient (Wildman–Crippen LogP) is 2.82. The van der Waals surface area contributed by atoms with Crippen LogP contribution in [0.2, 0.25) is 0 Å². The highest BCUT2D eigenvalue weighted by Gasteiger charge is 2.24. The molecule has 2 N–H and O–H groups in total. The van der Waals surface area contributed by atoms with E-state index >= 15 is 0 Å². The lowest BCUT2D eigenvalue weighted by Gasteiger charge is -2.30. The van der Waals surface area contributed by atoms with Gasteiger partial charge < -0.3 is 20.1 Å². The second kappa shape index (κ2) is 11.5. The fourth-order valence-electron chi connectivity index (χ4n) is 2.17. The van der Waals surface area contributed by atoms with Crippen molar-refractivity contribution in [3.8, 4) is 5.88 Å². The Morgan fingerprint density at radius 3 is 2.54 bits per heavy atom. The molecule has 0 fully saturated rings. The lowest BCUT2D eigenvalue weighted by molar-refractivity contribution is 0.0205. The lowest BCUT2D eigenvalue weighted by Crippen LogP contribution is -2.45. The van der Waals surface area contributed by atoms with Gasteiger partial charge in [-0.2, -0.15) is 0 Å². The van der Waals surface area contributed by atoms with Gasteiger partial charge >= 0.3 is 0 Å². The van der Waals surface area contributed by atoms with Crippen molar-refractivity contribution in [2.24, 2.45) is 10.4 Å². The van der Waals surface area contributed by atoms with Gasteiger partial charge in [0.05, 0.1) is 19.8 Å². The van der Waals surface area contributed by atoms with Crippen LogP contribution in [0.1, 0.15) is 33.3 Å². The molecule has 1 aromatic rings. The minimum Gasteiger partial charge on any atom is -0.481 e. The van der Waals surface area contributed by atoms with Gasteiger partial charge in [-0.05, 0) is 18.4 Å². The summed E-state index contributed by atoms with van der Waals surface area (Å²) in [6.45, 7) is 10.5. The maximum atomic E-state index is 5.57. The van der Waals surface area contributed by atoms with E-state index in [0.717, 1.165) is 18.1 Å². The molecule has 24 heavy (non-hydrogen) atoms. The fraction of sp³-hybridized carbons (Fsp3) is 0.647. The molecule has 0 radical (unpaired) electrons. The van der Waals surface area contributed by atoms with Crippen LogP contribution < -0.4 is 15.4 Å². The van der Waals surface area contributed by atoms with Crippen LogP contribution in [0.15, 0.2) is 23.3 Å². The van der Waals surface area contributed by atoms with Gasteiger partial charge in [0.15, 0.2) is 5.96 Å². The average molecular weight is 450 g/mol. The number of aliphatic imine (C=N–C) groups is 1. The molecule has 0 amide bonds. The molecular formula is C17H31IN4O2. The predicted molar refractivity (Wildman–Crippen MR) is 109 cm³/mol. The Balaban J connectivity index is 0.00000529. The Morgan fingerprint density at radius 2 is 2.00 bits per heavy atom. The minimum absolute atomic E-state index is 0. The van der Waals surface area contributed by atoms with E-state index in [2.05, 4.69) is 41.4 Å². The smallest absolute Gasteiger partial charge is 0.218 e. The van der Waals surface area contributed by atoms with Crippen LogP contribution in [0.4, 0.5) is 0 Å². The van der Waals surface area contributed by atoms with Gasteiger partial charge in [-0.15, -0.1) is 24.0 Å². The standard InChI is InChI=1S/C17H30N4O2.HI/c1-7-18-16(21-12-14(22-5)17(2,3)4)20-11-13-9-8-10-19-15(13)23-6;/h8-10,14H,7,11-12H2,1-6H3,(H2,18,20,21);1H. The molecule has 6 nitrogen and oxygen atoms in total. The summed E-state index contributed by atoms with van der Waals surface area (Å²) < 4.78 is 10.8. The molecule has 7 heteroatoms. The monoisotopic (exact) mass is 450 g/mol. The SMILES string of the molecule is CCNC(=NCc1cccnc1OC)NCC(OC)C(C)(C)C.I. The Bertz CT molecular complexity index is 504. The summed E-state index contributed by atoms with van der Waals surface area (Å²) in [5, 5.41) is 6.58. The van der Waals surface area contributed by atoms with E-state index < -0.39 is 0 Å². The van der Waals surface area contributed by atoms with Crippen LogP contribution in [0.5, 0.6) is 5.88 Å². The zero-order valence-electron chi connectivity index (χ0n) is 15.5. The number of aromatic nitrogens is 1. The summed E-state index contributed by atoms with van der Waals surface area (Å²) in [5.74, 6) is 1.36. The van der Waals surface area contributed by atoms with Gasteiger partial charge in [0.1, 0.15) is 0 Å². The lowest BCUT2D eigenvalue weighted by atomic mass is 9.89. The third-order valence-corrected chi connectivity index (χ3v) is 3.50. The summed E-state index contributed by atoms with van der Waals surface area (Å²) in [6.07, 6.45) is 1.81. The first-order valence-corrected chi connectivity index (χ1v) is 7.95. The van der Waals surface area contributed by atoms with Crippen LogP contribution in [0, 0.1) is 5.41 Å². The first-order valence-electron chi connectivity index (χ1n) is 7.95. The minimum atomic E-state index is 0. The Labute approximate surface area is 162 Å². The van der Waals surface area contributed by atoms with Gasteiger partial charge in [-0.1, -0.05) is 26.8 Å². The summed E-state index contributed by atoms with van der Waals surface area (Å²) in [5.41, 5.74) is 1.01. The number of nitrogens with zero attached hydrogens (tertiary/aromatic N) is 2. The topological polar surface area (TPSA) is 67.8 Å². The highest BCUT2D eigenvalue weighted by Crippen LogP contribution is 2.21. The van der Waals surface area contributed by atoms with Crippen LogP contribution >= 0.6 is 24.0 Å². The maximum absolute atomic E-state index is 5.57. The summed E-state index contributed by atoms with van der Waals surface area (Å²) >= 11 is 0. The van der Waals surface area contributed by atoms with E-state index in [1.807, 2.05) is 19.1 Å². The van der Waals surface area contributed by atoms with E-state index in [9.17, 15) is 0 Å². The number of ether oxygens (including phenoxy) is 2. The van der Waals surface area contributed by atoms with Gasteiger partial charge in [0.25, 0.3) is 0 Å². The van der Waals surface area contributed by atoms with Crippen LogP contribution in [-0.2, 0) is 11.3 Å². The number of hydrogen-bond donors (Lipinski definition) is 2. The van der Waals surface area contributed by atoms with Crippen molar-refractivity contribution in [2.45, 2.75) is 40.3 Å². The third-order valence-electron chi connectivity index (χ3n) is 3.50. The van der Waals surface area contributed by atoms with E-state index in [-0.39, 0.29) is 35.5 Å². The molecule has 1 unspecified atom stereocenters. The molecule has 0 aliphatic heterocycles. The summed E-state index contributed by atoms with van der Waals surface area (Å²) in [4.78, 5) is 8.79. The van der Waals surface area contributed by atoms with Gasteiger partial charge in [0, 0.05) is 32.0 Å². The highest BCUT2D eigenvalue weighted by molar-refractivity contribution is 14.0. The first kappa shape index (κ1) is 22.9. The molecule has 0 aliphatic carbocycles. The van der Waals surface area contributed by atoms with Crippen molar-refractivity contribution in [3.05, 3.63) is 23.9 Å². The molecule has 0 saturated carbocycles. The normalized spacial score (nSPS) is 13.0. The fourth-order valence-corrected chi connectivity index (χ4v) is 2.17. The van der Waals surface area contributed by atoms with Gasteiger partial charge in [-0.3, -0.25) is 0 Å². The van der Waals surface area contributed by atoms with Crippen molar-refractivity contribution in [1.29, 1.82) is 0 Å². The van der Waals surface area contributed by atoms with E-state index in [1.54, 1.807) is 20.4 Å². The van der Waals surface area contributed by atoms with Crippen molar-refractivity contribution < 1.29 is 9.47 Å². The quantitative estimate of drug-likeness (QED) is 0.380. The molecule has 0 aliphatic rings. The molecule has 1 atom stereocenters. The van der Waals surface area contributed by atoms with Crippen molar-refractivity contribution in [3.63, 3.8) is 0 Å². The van der Waals surface area contributed by atoms with Crippen LogP contribution in [-0.4, -0.2) is 44.4 Å². The molecule has 1 rings (SSSR count). The van der Waals surface area contributed by atoms with Crippen molar-refractivity contribution in [1.82, 2.24) is 15.6 Å². The number of nitrogens with one attached hydrogen (secondary N) is 2. The number of rotatable bonds is 7. The highest BCUT2D eigenvalue weighted by atomic mass is 127. The molecule has 1 aromatic heterocycles. The van der Waals surface area contributed by atoms with Crippen LogP contribution in [0.3, 0.4) is 0 Å². The maximum Gasteiger partial charge on any atom is 0.218 e. The molecule has 0 bridgehead atoms. The zero-order chi connectivity index (χ0) is 17.3. The van der Waals surface area contributed by atoms with Crippen LogP contribution in [0.25, 0.3) is 0 Å². The molecule has 0 aromatic carbocycles. The summed E-state index contributed by atoms with van der Waals surface area (Å²) in [6, 6.07) is 3.85. The van der Waals surface area contributed by atoms with Gasteiger partial charge in [-0.25, -0.2) is 9.98 Å². The van der Waals surface area contributed by atoms with E-state index in [4.69, 9.17) is 9.47 Å². The number of guanidine groups is 1. The molecular weight excluding hydrogens is 419 g/mol. The second-order valence-corrected chi connectivity index (χ2v) is 6.34. The summed E-state index contributed by atoms with van der Waals surface area (Å²) in [7, 11) is 3.35. The largest absolute Gasteiger partial charge is 0.481 e. The number of halogens is 1. The third kappa shape index (κ3) is 7.65. The first-order chi connectivity index (χ1) is 10.9. The molecule has 138 valence electrons. The number of pyridine rings is 1.